The van der Waals surface area contributed by atoms with Gasteiger partial charge in [0.25, 0.3) is 5.91 Å². The van der Waals surface area contributed by atoms with Crippen molar-refractivity contribution >= 4 is 36.7 Å². The van der Waals surface area contributed by atoms with Gasteiger partial charge in [0.15, 0.2) is 0 Å². The Morgan fingerprint density at radius 2 is 1.81 bits per heavy atom. The third kappa shape index (κ3) is 4.57. The van der Waals surface area contributed by atoms with Gasteiger partial charge in [-0.25, -0.2) is 9.97 Å². The van der Waals surface area contributed by atoms with E-state index < -0.39 is 0 Å². The number of rotatable bonds is 3. The molecule has 0 radical (unpaired) electrons. The van der Waals surface area contributed by atoms with Gasteiger partial charge in [-0.3, -0.25) is 9.69 Å². The van der Waals surface area contributed by atoms with E-state index in [1.807, 2.05) is 4.90 Å². The van der Waals surface area contributed by atoms with Crippen LogP contribution < -0.4 is 10.2 Å². The fourth-order valence-electron chi connectivity index (χ4n) is 3.97. The van der Waals surface area contributed by atoms with E-state index in [1.54, 1.807) is 12.3 Å². The number of amides is 1. The van der Waals surface area contributed by atoms with Gasteiger partial charge in [-0.2, -0.15) is 0 Å². The Hall–Kier alpha value is -1.15. The molecule has 3 aliphatic heterocycles. The van der Waals surface area contributed by atoms with Crippen LogP contribution in [0, 0.1) is 0 Å². The van der Waals surface area contributed by atoms with E-state index in [1.165, 1.54) is 12.8 Å². The predicted molar refractivity (Wildman–Crippen MR) is 107 cm³/mol. The molecule has 1 aromatic rings. The summed E-state index contributed by atoms with van der Waals surface area (Å²) in [6, 6.07) is 2.25. The number of nitrogens with one attached hydrogen (secondary N) is 1. The molecule has 1 atom stereocenters. The Kier molecular flexibility index (Phi) is 7.88. The van der Waals surface area contributed by atoms with Crippen molar-refractivity contribution in [3.05, 3.63) is 18.0 Å². The van der Waals surface area contributed by atoms with Crippen LogP contribution in [0.2, 0.25) is 0 Å². The lowest BCUT2D eigenvalue weighted by Crippen LogP contribution is -2.49. The molecule has 3 saturated heterocycles. The normalized spacial score (nSPS) is 23.5. The number of hydrogen-bond acceptors (Lipinski definition) is 6. The second kappa shape index (κ2) is 9.69. The molecule has 1 aromatic heterocycles. The maximum Gasteiger partial charge on any atom is 0.272 e. The summed E-state index contributed by atoms with van der Waals surface area (Å²) in [6.07, 6.45) is 5.15. The van der Waals surface area contributed by atoms with Gasteiger partial charge in [0.05, 0.1) is 0 Å². The Balaban J connectivity index is 0.00000121. The molecule has 146 valence electrons. The second-order valence-corrected chi connectivity index (χ2v) is 6.92. The molecule has 4 rings (SSSR count). The molecular formula is C17H28Cl2N6O. The molecule has 1 amide bonds. The molecule has 0 aliphatic carbocycles. The first kappa shape index (κ1) is 21.2. The third-order valence-corrected chi connectivity index (χ3v) is 5.37. The van der Waals surface area contributed by atoms with Crippen LogP contribution in [-0.4, -0.2) is 84.1 Å². The number of halogens is 2. The van der Waals surface area contributed by atoms with Gasteiger partial charge in [-0.1, -0.05) is 0 Å². The molecule has 7 nitrogen and oxygen atoms in total. The Morgan fingerprint density at radius 3 is 2.54 bits per heavy atom. The van der Waals surface area contributed by atoms with E-state index in [9.17, 15) is 4.79 Å². The van der Waals surface area contributed by atoms with Gasteiger partial charge < -0.3 is 15.1 Å². The van der Waals surface area contributed by atoms with Crippen molar-refractivity contribution in [2.24, 2.45) is 0 Å². The lowest BCUT2D eigenvalue weighted by molar-refractivity contribution is 0.0767. The van der Waals surface area contributed by atoms with Gasteiger partial charge in [0, 0.05) is 64.6 Å². The third-order valence-electron chi connectivity index (χ3n) is 5.37. The van der Waals surface area contributed by atoms with Crippen LogP contribution >= 0.6 is 24.8 Å². The molecule has 26 heavy (non-hydrogen) atoms. The fourth-order valence-corrected chi connectivity index (χ4v) is 3.97. The highest BCUT2D eigenvalue weighted by molar-refractivity contribution is 5.92. The maximum atomic E-state index is 12.8. The lowest BCUT2D eigenvalue weighted by Gasteiger charge is -2.32. The minimum Gasteiger partial charge on any atom is -0.341 e. The highest BCUT2D eigenvalue weighted by Gasteiger charge is 2.32. The molecule has 0 aromatic carbocycles. The van der Waals surface area contributed by atoms with E-state index in [2.05, 4.69) is 25.1 Å². The van der Waals surface area contributed by atoms with Gasteiger partial charge >= 0.3 is 0 Å². The highest BCUT2D eigenvalue weighted by Crippen LogP contribution is 2.20. The molecule has 3 aliphatic rings. The van der Waals surface area contributed by atoms with Crippen LogP contribution in [0.15, 0.2) is 12.3 Å². The lowest BCUT2D eigenvalue weighted by atomic mass is 10.2. The molecular weight excluding hydrogens is 375 g/mol. The van der Waals surface area contributed by atoms with Crippen LogP contribution in [0.3, 0.4) is 0 Å². The van der Waals surface area contributed by atoms with E-state index >= 15 is 0 Å². The first-order chi connectivity index (χ1) is 11.8. The van der Waals surface area contributed by atoms with Gasteiger partial charge in [0.2, 0.25) is 5.95 Å². The van der Waals surface area contributed by atoms with E-state index in [4.69, 9.17) is 0 Å². The zero-order valence-corrected chi connectivity index (χ0v) is 16.6. The average Bonchev–Trinajstić information content (AvgIpc) is 3.34. The SMILES string of the molecule is Cl.Cl.O=C(c1ccnc(N2CCCC2)n1)N1CCC(N2CCNCC2)C1. The zero-order valence-electron chi connectivity index (χ0n) is 15.0. The van der Waals surface area contributed by atoms with E-state index in [-0.39, 0.29) is 30.7 Å². The summed E-state index contributed by atoms with van der Waals surface area (Å²) >= 11 is 0. The number of carbonyl (C=O) groups excluding carboxylic acids is 1. The summed E-state index contributed by atoms with van der Waals surface area (Å²) in [6.45, 7) is 7.90. The summed E-state index contributed by atoms with van der Waals surface area (Å²) in [5.41, 5.74) is 0.535. The van der Waals surface area contributed by atoms with Crippen LogP contribution in [0.25, 0.3) is 0 Å². The van der Waals surface area contributed by atoms with Crippen molar-refractivity contribution in [2.75, 3.05) is 57.3 Å². The number of aromatic nitrogens is 2. The minimum atomic E-state index is 0. The molecule has 0 saturated carbocycles. The standard InChI is InChI=1S/C17H26N6O.2ClH/c24-16(15-3-5-19-17(20-15)22-8-1-2-9-22)23-10-4-14(13-23)21-11-6-18-7-12-21;;/h3,5,14,18H,1-2,4,6-13H2;2*1H. The summed E-state index contributed by atoms with van der Waals surface area (Å²) in [5.74, 6) is 0.756. The molecule has 4 heterocycles. The van der Waals surface area contributed by atoms with Crippen molar-refractivity contribution in [3.63, 3.8) is 0 Å². The average molecular weight is 403 g/mol. The Morgan fingerprint density at radius 1 is 1.08 bits per heavy atom. The van der Waals surface area contributed by atoms with Gasteiger partial charge in [0.1, 0.15) is 5.69 Å². The van der Waals surface area contributed by atoms with Crippen LogP contribution in [0.4, 0.5) is 5.95 Å². The monoisotopic (exact) mass is 402 g/mol. The highest BCUT2D eigenvalue weighted by atomic mass is 35.5. The summed E-state index contributed by atoms with van der Waals surface area (Å²) < 4.78 is 0. The Labute approximate surface area is 167 Å². The number of carbonyl (C=O) groups is 1. The first-order valence-corrected chi connectivity index (χ1v) is 9.13. The Bertz CT molecular complexity index is 592. The molecule has 0 spiro atoms. The van der Waals surface area contributed by atoms with Crippen LogP contribution in [0.5, 0.6) is 0 Å². The van der Waals surface area contributed by atoms with Crippen molar-refractivity contribution in [1.29, 1.82) is 0 Å². The maximum absolute atomic E-state index is 12.8. The summed E-state index contributed by atoms with van der Waals surface area (Å²) in [4.78, 5) is 28.4. The van der Waals surface area contributed by atoms with Crippen molar-refractivity contribution in [3.8, 4) is 0 Å². The van der Waals surface area contributed by atoms with E-state index in [0.717, 1.165) is 58.8 Å². The van der Waals surface area contributed by atoms with E-state index in [0.29, 0.717) is 17.7 Å². The van der Waals surface area contributed by atoms with Crippen molar-refractivity contribution in [2.45, 2.75) is 25.3 Å². The molecule has 0 bridgehead atoms. The number of piperazine rings is 1. The smallest absolute Gasteiger partial charge is 0.272 e. The van der Waals surface area contributed by atoms with Crippen molar-refractivity contribution in [1.82, 2.24) is 25.1 Å². The predicted octanol–water partition coefficient (Wildman–Crippen LogP) is 1.04. The summed E-state index contributed by atoms with van der Waals surface area (Å²) in [5, 5.41) is 3.39. The quantitative estimate of drug-likeness (QED) is 0.814. The topological polar surface area (TPSA) is 64.6 Å². The molecule has 1 N–H and O–H groups in total. The molecule has 9 heteroatoms. The number of likely N-dealkylation sites (tertiary alicyclic amines) is 1. The zero-order chi connectivity index (χ0) is 16.4. The largest absolute Gasteiger partial charge is 0.341 e. The van der Waals surface area contributed by atoms with Crippen molar-refractivity contribution < 1.29 is 4.79 Å². The number of nitrogens with zero attached hydrogens (tertiary/aromatic N) is 5. The van der Waals surface area contributed by atoms with Crippen LogP contribution in [-0.2, 0) is 0 Å². The number of hydrogen-bond donors (Lipinski definition) is 1. The van der Waals surface area contributed by atoms with Crippen LogP contribution in [0.1, 0.15) is 29.8 Å². The second-order valence-electron chi connectivity index (χ2n) is 6.92. The summed E-state index contributed by atoms with van der Waals surface area (Å²) in [7, 11) is 0. The number of anilines is 1. The van der Waals surface area contributed by atoms with Gasteiger partial charge in [-0.05, 0) is 25.3 Å². The van der Waals surface area contributed by atoms with Gasteiger partial charge in [-0.15, -0.1) is 24.8 Å². The minimum absolute atomic E-state index is 0. The first-order valence-electron chi connectivity index (χ1n) is 9.13. The molecule has 1 unspecified atom stereocenters. The molecule has 3 fully saturated rings. The fraction of sp³-hybridized carbons (Fsp3) is 0.706.